The predicted octanol–water partition coefficient (Wildman–Crippen LogP) is 4.05. The molecule has 1 aromatic rings. The van der Waals surface area contributed by atoms with Crippen molar-refractivity contribution in [2.24, 2.45) is 5.41 Å². The third-order valence-corrected chi connectivity index (χ3v) is 2.92. The van der Waals surface area contributed by atoms with Crippen molar-refractivity contribution in [2.75, 3.05) is 0 Å². The van der Waals surface area contributed by atoms with E-state index < -0.39 is 0 Å². The second kappa shape index (κ2) is 7.03. The molecule has 0 heterocycles. The monoisotopic (exact) mass is 258 g/mol. The summed E-state index contributed by atoms with van der Waals surface area (Å²) in [4.78, 5) is 23.3. The van der Waals surface area contributed by atoms with E-state index in [4.69, 9.17) is 0 Å². The summed E-state index contributed by atoms with van der Waals surface area (Å²) in [7, 11) is 0. The van der Waals surface area contributed by atoms with Gasteiger partial charge in [-0.05, 0) is 18.1 Å². The first-order valence-corrected chi connectivity index (χ1v) is 6.69. The fourth-order valence-corrected chi connectivity index (χ4v) is 1.63. The summed E-state index contributed by atoms with van der Waals surface area (Å²) < 4.78 is 0. The highest BCUT2D eigenvalue weighted by atomic mass is 16.1. The SMILES string of the molecule is CC(C)(C)C(=O)CCCC(=O)/C=C/c1ccccc1. The van der Waals surface area contributed by atoms with E-state index in [1.165, 1.54) is 0 Å². The molecule has 0 spiro atoms. The fraction of sp³-hybridized carbons (Fsp3) is 0.412. The molecule has 0 aliphatic carbocycles. The molecule has 0 amide bonds. The molecule has 0 unspecified atom stereocenters. The van der Waals surface area contributed by atoms with Gasteiger partial charge in [-0.15, -0.1) is 0 Å². The molecule has 102 valence electrons. The first-order valence-electron chi connectivity index (χ1n) is 6.69. The second-order valence-corrected chi connectivity index (χ2v) is 5.74. The number of carbonyl (C=O) groups is 2. The molecule has 0 saturated carbocycles. The van der Waals surface area contributed by atoms with Gasteiger partial charge in [-0.1, -0.05) is 57.2 Å². The minimum atomic E-state index is -0.303. The molecule has 0 fully saturated rings. The number of ketones is 2. The molecule has 1 aromatic carbocycles. The van der Waals surface area contributed by atoms with Crippen molar-refractivity contribution in [2.45, 2.75) is 40.0 Å². The Hall–Kier alpha value is -1.70. The lowest BCUT2D eigenvalue weighted by molar-refractivity contribution is -0.126. The maximum Gasteiger partial charge on any atom is 0.155 e. The van der Waals surface area contributed by atoms with Gasteiger partial charge < -0.3 is 0 Å². The van der Waals surface area contributed by atoms with Crippen molar-refractivity contribution in [1.29, 1.82) is 0 Å². The number of hydrogen-bond acceptors (Lipinski definition) is 2. The molecule has 0 aliphatic rings. The van der Waals surface area contributed by atoms with Crippen LogP contribution in [0.25, 0.3) is 6.08 Å². The zero-order chi connectivity index (χ0) is 14.3. The van der Waals surface area contributed by atoms with Crippen LogP contribution in [-0.4, -0.2) is 11.6 Å². The number of carbonyl (C=O) groups excluding carboxylic acids is 2. The summed E-state index contributed by atoms with van der Waals surface area (Å²) in [6.07, 6.45) is 4.96. The van der Waals surface area contributed by atoms with E-state index in [2.05, 4.69) is 0 Å². The summed E-state index contributed by atoms with van der Waals surface area (Å²) in [6, 6.07) is 9.72. The topological polar surface area (TPSA) is 34.1 Å². The molecule has 0 N–H and O–H groups in total. The quantitative estimate of drug-likeness (QED) is 0.721. The number of rotatable bonds is 6. The van der Waals surface area contributed by atoms with Gasteiger partial charge >= 0.3 is 0 Å². The van der Waals surface area contributed by atoms with Gasteiger partial charge in [0.05, 0.1) is 0 Å². The van der Waals surface area contributed by atoms with Crippen molar-refractivity contribution in [3.8, 4) is 0 Å². The highest BCUT2D eigenvalue weighted by molar-refractivity contribution is 5.94. The number of hydrogen-bond donors (Lipinski definition) is 0. The van der Waals surface area contributed by atoms with Gasteiger partial charge in [-0.3, -0.25) is 9.59 Å². The van der Waals surface area contributed by atoms with Crippen LogP contribution in [0, 0.1) is 5.41 Å². The standard InChI is InChI=1S/C17H22O2/c1-17(2,3)16(19)11-7-10-15(18)13-12-14-8-5-4-6-9-14/h4-6,8-9,12-13H,7,10-11H2,1-3H3/b13-12+. The number of Topliss-reactive ketones (excluding diaryl/α,β-unsaturated/α-hetero) is 1. The first-order chi connectivity index (χ1) is 8.89. The van der Waals surface area contributed by atoms with Crippen LogP contribution in [0.3, 0.4) is 0 Å². The summed E-state index contributed by atoms with van der Waals surface area (Å²) in [5, 5.41) is 0. The van der Waals surface area contributed by atoms with Gasteiger partial charge in [0.2, 0.25) is 0 Å². The van der Waals surface area contributed by atoms with E-state index in [1.807, 2.05) is 57.2 Å². The van der Waals surface area contributed by atoms with Crippen LogP contribution >= 0.6 is 0 Å². The van der Waals surface area contributed by atoms with E-state index in [-0.39, 0.29) is 17.0 Å². The van der Waals surface area contributed by atoms with E-state index in [1.54, 1.807) is 6.08 Å². The summed E-state index contributed by atoms with van der Waals surface area (Å²) in [5.41, 5.74) is 0.713. The van der Waals surface area contributed by atoms with E-state index in [0.717, 1.165) is 5.56 Å². The van der Waals surface area contributed by atoms with Crippen LogP contribution in [0.5, 0.6) is 0 Å². The molecule has 0 aromatic heterocycles. The average Bonchev–Trinajstić information content (AvgIpc) is 2.36. The molecule has 0 atom stereocenters. The van der Waals surface area contributed by atoms with Crippen molar-refractivity contribution in [3.05, 3.63) is 42.0 Å². The molecular weight excluding hydrogens is 236 g/mol. The van der Waals surface area contributed by atoms with Gasteiger partial charge in [-0.2, -0.15) is 0 Å². The minimum Gasteiger partial charge on any atom is -0.299 e. The summed E-state index contributed by atoms with van der Waals surface area (Å²) in [5.74, 6) is 0.290. The van der Waals surface area contributed by atoms with Crippen LogP contribution in [0.1, 0.15) is 45.6 Å². The Morgan fingerprint density at radius 3 is 2.26 bits per heavy atom. The van der Waals surface area contributed by atoms with E-state index in [0.29, 0.717) is 19.3 Å². The minimum absolute atomic E-state index is 0.0746. The third kappa shape index (κ3) is 6.14. The van der Waals surface area contributed by atoms with Crippen molar-refractivity contribution in [1.82, 2.24) is 0 Å². The highest BCUT2D eigenvalue weighted by Crippen LogP contribution is 2.18. The maximum atomic E-state index is 11.7. The van der Waals surface area contributed by atoms with Crippen molar-refractivity contribution < 1.29 is 9.59 Å². The lowest BCUT2D eigenvalue weighted by Crippen LogP contribution is -2.19. The van der Waals surface area contributed by atoms with Gasteiger partial charge in [0, 0.05) is 18.3 Å². The van der Waals surface area contributed by atoms with Gasteiger partial charge in [0.1, 0.15) is 5.78 Å². The molecule has 2 heteroatoms. The summed E-state index contributed by atoms with van der Waals surface area (Å²) >= 11 is 0. The predicted molar refractivity (Wildman–Crippen MR) is 78.8 cm³/mol. The largest absolute Gasteiger partial charge is 0.299 e. The molecule has 19 heavy (non-hydrogen) atoms. The fourth-order valence-electron chi connectivity index (χ4n) is 1.63. The molecule has 1 rings (SSSR count). The number of allylic oxidation sites excluding steroid dienone is 1. The highest BCUT2D eigenvalue weighted by Gasteiger charge is 2.20. The van der Waals surface area contributed by atoms with Gasteiger partial charge in [0.25, 0.3) is 0 Å². The molecule has 0 radical (unpaired) electrons. The Balaban J connectivity index is 2.33. The Morgan fingerprint density at radius 2 is 1.68 bits per heavy atom. The van der Waals surface area contributed by atoms with E-state index >= 15 is 0 Å². The molecular formula is C17H22O2. The lowest BCUT2D eigenvalue weighted by Gasteiger charge is -2.15. The van der Waals surface area contributed by atoms with Crippen LogP contribution in [0.15, 0.2) is 36.4 Å². The lowest BCUT2D eigenvalue weighted by atomic mass is 9.88. The molecule has 0 aliphatic heterocycles. The Bertz CT molecular complexity index is 450. The van der Waals surface area contributed by atoms with Crippen LogP contribution in [0.4, 0.5) is 0 Å². The average molecular weight is 258 g/mol. The Kier molecular flexibility index (Phi) is 5.68. The van der Waals surface area contributed by atoms with Crippen LogP contribution in [-0.2, 0) is 9.59 Å². The van der Waals surface area contributed by atoms with Gasteiger partial charge in [0.15, 0.2) is 5.78 Å². The Morgan fingerprint density at radius 1 is 1.05 bits per heavy atom. The number of benzene rings is 1. The summed E-state index contributed by atoms with van der Waals surface area (Å²) in [6.45, 7) is 5.73. The van der Waals surface area contributed by atoms with Gasteiger partial charge in [-0.25, -0.2) is 0 Å². The zero-order valence-corrected chi connectivity index (χ0v) is 12.0. The maximum absolute atomic E-state index is 11.7. The zero-order valence-electron chi connectivity index (χ0n) is 12.0. The van der Waals surface area contributed by atoms with Crippen LogP contribution < -0.4 is 0 Å². The smallest absolute Gasteiger partial charge is 0.155 e. The van der Waals surface area contributed by atoms with Crippen molar-refractivity contribution in [3.63, 3.8) is 0 Å². The third-order valence-electron chi connectivity index (χ3n) is 2.92. The van der Waals surface area contributed by atoms with E-state index in [9.17, 15) is 9.59 Å². The Labute approximate surface area is 115 Å². The normalized spacial score (nSPS) is 11.7. The van der Waals surface area contributed by atoms with Crippen LogP contribution in [0.2, 0.25) is 0 Å². The first kappa shape index (κ1) is 15.4. The molecule has 0 bridgehead atoms. The molecule has 0 saturated heterocycles. The molecule has 2 nitrogen and oxygen atoms in total. The second-order valence-electron chi connectivity index (χ2n) is 5.74. The van der Waals surface area contributed by atoms with Crippen molar-refractivity contribution >= 4 is 17.6 Å².